The lowest BCUT2D eigenvalue weighted by Crippen LogP contribution is -2.15. The highest BCUT2D eigenvalue weighted by Gasteiger charge is 2.20. The number of nitrogens with zero attached hydrogens (tertiary/aromatic N) is 1. The summed E-state index contributed by atoms with van der Waals surface area (Å²) in [6.45, 7) is 2.28. The van der Waals surface area contributed by atoms with E-state index in [0.717, 1.165) is 29.2 Å². The lowest BCUT2D eigenvalue weighted by Gasteiger charge is -2.28. The van der Waals surface area contributed by atoms with Gasteiger partial charge in [0.05, 0.1) is 17.2 Å². The van der Waals surface area contributed by atoms with Crippen molar-refractivity contribution in [2.24, 2.45) is 11.8 Å². The zero-order valence-electron chi connectivity index (χ0n) is 20.2. The molecule has 4 rings (SSSR count). The van der Waals surface area contributed by atoms with Gasteiger partial charge in [-0.15, -0.1) is 0 Å². The number of unbranched alkanes of at least 4 members (excludes halogenated alkanes) is 2. The number of hydrogen-bond acceptors (Lipinski definition) is 1. The van der Waals surface area contributed by atoms with Gasteiger partial charge in [-0.3, -0.25) is 0 Å². The Balaban J connectivity index is 1.36. The van der Waals surface area contributed by atoms with Crippen LogP contribution in [0.5, 0.6) is 0 Å². The van der Waals surface area contributed by atoms with Crippen molar-refractivity contribution in [2.75, 3.05) is 0 Å². The SMILES string of the molecule is CCCCCC1CCC(CCc2ccc3c(F)c(C#Cc4ccc(C#N)cc4)ccc3c2)CC1. The first-order valence-electron chi connectivity index (χ1n) is 12.9. The molecule has 0 aromatic heterocycles. The average molecular weight is 452 g/mol. The molecule has 3 aromatic carbocycles. The second-order valence-corrected chi connectivity index (χ2v) is 9.84. The first-order chi connectivity index (χ1) is 16.7. The van der Waals surface area contributed by atoms with Gasteiger partial charge in [0.1, 0.15) is 5.82 Å². The topological polar surface area (TPSA) is 23.8 Å². The summed E-state index contributed by atoms with van der Waals surface area (Å²) in [6, 6.07) is 19.0. The van der Waals surface area contributed by atoms with E-state index < -0.39 is 0 Å². The molecule has 0 unspecified atom stereocenters. The number of aryl methyl sites for hydroxylation is 1. The van der Waals surface area contributed by atoms with E-state index in [4.69, 9.17) is 5.26 Å². The number of fused-ring (bicyclic) bond motifs is 1. The van der Waals surface area contributed by atoms with Crippen LogP contribution in [0.2, 0.25) is 0 Å². The lowest BCUT2D eigenvalue weighted by molar-refractivity contribution is 0.249. The summed E-state index contributed by atoms with van der Waals surface area (Å²) in [5.41, 5.74) is 3.06. The molecule has 0 heterocycles. The maximum Gasteiger partial charge on any atom is 0.146 e. The molecule has 1 saturated carbocycles. The molecule has 1 aliphatic carbocycles. The van der Waals surface area contributed by atoms with E-state index >= 15 is 4.39 Å². The molecule has 0 N–H and O–H groups in total. The highest BCUT2D eigenvalue weighted by Crippen LogP contribution is 2.34. The first kappa shape index (κ1) is 24.0. The standard InChI is InChI=1S/C32H34FN/c1-2-3-4-5-24-6-8-25(9-7-24)10-13-27-17-21-31-30(22-27)20-19-29(32(31)33)18-16-26-11-14-28(23-34)15-12-26/h11-12,14-15,17,19-22,24-25H,2-10,13H2,1H3. The predicted octanol–water partition coefficient (Wildman–Crippen LogP) is 8.57. The monoisotopic (exact) mass is 451 g/mol. The van der Waals surface area contributed by atoms with Crippen LogP contribution in [-0.2, 0) is 6.42 Å². The van der Waals surface area contributed by atoms with E-state index in [-0.39, 0.29) is 5.82 Å². The van der Waals surface area contributed by atoms with Gasteiger partial charge in [0, 0.05) is 10.9 Å². The van der Waals surface area contributed by atoms with Crippen molar-refractivity contribution < 1.29 is 4.39 Å². The molecular weight excluding hydrogens is 417 g/mol. The molecule has 1 fully saturated rings. The van der Waals surface area contributed by atoms with Gasteiger partial charge in [-0.1, -0.05) is 94.4 Å². The number of nitriles is 1. The Labute approximate surface area is 204 Å². The third-order valence-electron chi connectivity index (χ3n) is 7.40. The van der Waals surface area contributed by atoms with Crippen molar-refractivity contribution in [2.45, 2.75) is 71.1 Å². The maximum atomic E-state index is 15.1. The number of hydrogen-bond donors (Lipinski definition) is 0. The molecule has 34 heavy (non-hydrogen) atoms. The molecule has 0 atom stereocenters. The van der Waals surface area contributed by atoms with Crippen molar-refractivity contribution in [1.82, 2.24) is 0 Å². The molecule has 1 nitrogen and oxygen atoms in total. The molecule has 174 valence electrons. The van der Waals surface area contributed by atoms with Gasteiger partial charge in [0.2, 0.25) is 0 Å². The molecule has 0 aliphatic heterocycles. The number of benzene rings is 3. The van der Waals surface area contributed by atoms with E-state index in [2.05, 4.69) is 37.0 Å². The summed E-state index contributed by atoms with van der Waals surface area (Å²) in [4.78, 5) is 0. The minimum Gasteiger partial charge on any atom is -0.205 e. The Morgan fingerprint density at radius 3 is 2.24 bits per heavy atom. The van der Waals surface area contributed by atoms with E-state index in [1.54, 1.807) is 30.3 Å². The lowest BCUT2D eigenvalue weighted by atomic mass is 9.77. The summed E-state index contributed by atoms with van der Waals surface area (Å²) in [6.07, 6.45) is 13.4. The van der Waals surface area contributed by atoms with Crippen LogP contribution in [0.4, 0.5) is 4.39 Å². The molecule has 0 saturated heterocycles. The van der Waals surface area contributed by atoms with Crippen LogP contribution in [0.3, 0.4) is 0 Å². The summed E-state index contributed by atoms with van der Waals surface area (Å²) in [5, 5.41) is 10.5. The molecule has 0 amide bonds. The van der Waals surface area contributed by atoms with Gasteiger partial charge in [-0.05, 0) is 66.0 Å². The van der Waals surface area contributed by atoms with Gasteiger partial charge in [0.15, 0.2) is 0 Å². The van der Waals surface area contributed by atoms with Crippen LogP contribution in [0.1, 0.15) is 87.0 Å². The van der Waals surface area contributed by atoms with Gasteiger partial charge < -0.3 is 0 Å². The largest absolute Gasteiger partial charge is 0.205 e. The van der Waals surface area contributed by atoms with Crippen LogP contribution in [-0.4, -0.2) is 0 Å². The quantitative estimate of drug-likeness (QED) is 0.261. The normalized spacial score (nSPS) is 17.7. The van der Waals surface area contributed by atoms with Crippen molar-refractivity contribution in [1.29, 1.82) is 5.26 Å². The molecule has 1 aliphatic rings. The fourth-order valence-corrected chi connectivity index (χ4v) is 5.22. The fraction of sp³-hybridized carbons (Fsp3) is 0.406. The smallest absolute Gasteiger partial charge is 0.146 e. The van der Waals surface area contributed by atoms with Crippen LogP contribution < -0.4 is 0 Å². The van der Waals surface area contributed by atoms with Gasteiger partial charge in [-0.2, -0.15) is 5.26 Å². The molecule has 0 bridgehead atoms. The molecule has 0 radical (unpaired) electrons. The second kappa shape index (κ2) is 11.9. The fourth-order valence-electron chi connectivity index (χ4n) is 5.22. The van der Waals surface area contributed by atoms with Gasteiger partial charge in [0.25, 0.3) is 0 Å². The Morgan fingerprint density at radius 2 is 1.53 bits per heavy atom. The third-order valence-corrected chi connectivity index (χ3v) is 7.40. The predicted molar refractivity (Wildman–Crippen MR) is 139 cm³/mol. The minimum absolute atomic E-state index is 0.258. The third kappa shape index (κ3) is 6.27. The Morgan fingerprint density at radius 1 is 0.824 bits per heavy atom. The Kier molecular flexibility index (Phi) is 8.38. The molecule has 2 heteroatoms. The van der Waals surface area contributed by atoms with E-state index in [0.29, 0.717) is 16.5 Å². The van der Waals surface area contributed by atoms with Gasteiger partial charge >= 0.3 is 0 Å². The van der Waals surface area contributed by atoms with Crippen molar-refractivity contribution in [3.05, 3.63) is 82.7 Å². The molecule has 3 aromatic rings. The summed E-state index contributed by atoms with van der Waals surface area (Å²) >= 11 is 0. The minimum atomic E-state index is -0.258. The van der Waals surface area contributed by atoms with Crippen LogP contribution in [0.25, 0.3) is 10.8 Å². The van der Waals surface area contributed by atoms with Gasteiger partial charge in [-0.25, -0.2) is 4.39 Å². The summed E-state index contributed by atoms with van der Waals surface area (Å²) < 4.78 is 15.1. The molecular formula is C32H34FN. The number of halogens is 1. The first-order valence-corrected chi connectivity index (χ1v) is 12.9. The number of rotatable bonds is 7. The van der Waals surface area contributed by atoms with E-state index in [1.165, 1.54) is 63.4 Å². The van der Waals surface area contributed by atoms with Crippen molar-refractivity contribution in [3.63, 3.8) is 0 Å². The summed E-state index contributed by atoms with van der Waals surface area (Å²) in [7, 11) is 0. The maximum absolute atomic E-state index is 15.1. The van der Waals surface area contributed by atoms with E-state index in [1.807, 2.05) is 12.1 Å². The van der Waals surface area contributed by atoms with Crippen molar-refractivity contribution in [3.8, 4) is 17.9 Å². The second-order valence-electron chi connectivity index (χ2n) is 9.84. The summed E-state index contributed by atoms with van der Waals surface area (Å²) in [5.74, 6) is 7.50. The zero-order valence-corrected chi connectivity index (χ0v) is 20.2. The average Bonchev–Trinajstić information content (AvgIpc) is 2.88. The highest BCUT2D eigenvalue weighted by molar-refractivity contribution is 5.85. The van der Waals surface area contributed by atoms with Crippen LogP contribution in [0, 0.1) is 40.8 Å². The van der Waals surface area contributed by atoms with E-state index in [9.17, 15) is 0 Å². The zero-order chi connectivity index (χ0) is 23.8. The highest BCUT2D eigenvalue weighted by atomic mass is 19.1. The van der Waals surface area contributed by atoms with Crippen LogP contribution in [0.15, 0.2) is 54.6 Å². The van der Waals surface area contributed by atoms with Crippen LogP contribution >= 0.6 is 0 Å². The Hall–Kier alpha value is -3.10. The Bertz CT molecular complexity index is 1200. The molecule has 0 spiro atoms. The van der Waals surface area contributed by atoms with Crippen molar-refractivity contribution >= 4 is 10.8 Å².